The normalized spacial score (nSPS) is 19.5. The molecule has 64 valence electrons. The molecule has 0 unspecified atom stereocenters. The van der Waals surface area contributed by atoms with E-state index in [9.17, 15) is 9.36 Å². The van der Waals surface area contributed by atoms with E-state index in [1.165, 1.54) is 0 Å². The second kappa shape index (κ2) is 2.91. The number of hydrogen-bond donors (Lipinski definition) is 2. The van der Waals surface area contributed by atoms with Crippen LogP contribution < -0.4 is 0 Å². The predicted molar refractivity (Wildman–Crippen MR) is 34.1 cm³/mol. The summed E-state index contributed by atoms with van der Waals surface area (Å²) in [6, 6.07) is 0. The van der Waals surface area contributed by atoms with Crippen molar-refractivity contribution in [3.05, 3.63) is 0 Å². The summed E-state index contributed by atoms with van der Waals surface area (Å²) in [6.45, 7) is 0.254. The summed E-state index contributed by atoms with van der Waals surface area (Å²) in [4.78, 5) is 27.3. The van der Waals surface area contributed by atoms with E-state index < -0.39 is 7.82 Å². The Hall–Kier alpha value is -0.420. The summed E-state index contributed by atoms with van der Waals surface area (Å²) in [5, 5.41) is 0.709. The average Bonchev–Trinajstić information content (AvgIpc) is 2.12. The van der Waals surface area contributed by atoms with Crippen LogP contribution in [0.5, 0.6) is 0 Å². The lowest BCUT2D eigenvalue weighted by Gasteiger charge is -2.14. The lowest BCUT2D eigenvalue weighted by Crippen LogP contribution is -2.23. The molecule has 0 bridgehead atoms. The van der Waals surface area contributed by atoms with Crippen LogP contribution in [0.4, 0.5) is 0 Å². The van der Waals surface area contributed by atoms with Crippen LogP contribution in [0.1, 0.15) is 12.8 Å². The number of hydroxylamine groups is 2. The van der Waals surface area contributed by atoms with E-state index in [1.54, 1.807) is 0 Å². The van der Waals surface area contributed by atoms with Gasteiger partial charge < -0.3 is 9.79 Å². The van der Waals surface area contributed by atoms with Crippen LogP contribution in [0.2, 0.25) is 0 Å². The Kier molecular flexibility index (Phi) is 2.29. The van der Waals surface area contributed by atoms with Gasteiger partial charge in [-0.05, 0) is 6.42 Å². The zero-order valence-electron chi connectivity index (χ0n) is 5.63. The van der Waals surface area contributed by atoms with E-state index in [1.807, 2.05) is 0 Å². The van der Waals surface area contributed by atoms with Gasteiger partial charge in [0.05, 0.1) is 0 Å². The number of phosphoric acid groups is 1. The van der Waals surface area contributed by atoms with Crippen LogP contribution in [0.3, 0.4) is 0 Å². The Labute approximate surface area is 63.0 Å². The maximum absolute atomic E-state index is 10.7. The maximum atomic E-state index is 10.7. The first-order chi connectivity index (χ1) is 4.99. The highest BCUT2D eigenvalue weighted by Gasteiger charge is 2.28. The van der Waals surface area contributed by atoms with Gasteiger partial charge in [0, 0.05) is 13.0 Å². The molecule has 1 aliphatic heterocycles. The highest BCUT2D eigenvalue weighted by Crippen LogP contribution is 2.38. The average molecular weight is 181 g/mol. The minimum atomic E-state index is -4.55. The Bertz CT molecular complexity index is 211. The van der Waals surface area contributed by atoms with Crippen LogP contribution in [0.25, 0.3) is 0 Å². The lowest BCUT2D eigenvalue weighted by atomic mass is 10.4. The van der Waals surface area contributed by atoms with Gasteiger partial charge >= 0.3 is 7.82 Å². The summed E-state index contributed by atoms with van der Waals surface area (Å²) < 4.78 is 14.3. The van der Waals surface area contributed by atoms with E-state index in [2.05, 4.69) is 4.62 Å². The summed E-state index contributed by atoms with van der Waals surface area (Å²) >= 11 is 0. The molecule has 1 fully saturated rings. The number of amides is 1. The molecule has 0 aromatic carbocycles. The fraction of sp³-hybridized carbons (Fsp3) is 0.750. The first-order valence-electron chi connectivity index (χ1n) is 3.05. The van der Waals surface area contributed by atoms with E-state index in [0.29, 0.717) is 17.9 Å². The predicted octanol–water partition coefficient (Wildman–Crippen LogP) is -0.367. The van der Waals surface area contributed by atoms with E-state index in [-0.39, 0.29) is 12.5 Å². The van der Waals surface area contributed by atoms with Crippen LogP contribution >= 0.6 is 7.82 Å². The van der Waals surface area contributed by atoms with Crippen molar-refractivity contribution in [3.8, 4) is 0 Å². The van der Waals surface area contributed by atoms with Gasteiger partial charge in [0.2, 0.25) is 5.91 Å². The molecule has 1 heterocycles. The van der Waals surface area contributed by atoms with Crippen molar-refractivity contribution in [2.45, 2.75) is 12.8 Å². The fourth-order valence-corrected chi connectivity index (χ4v) is 1.27. The van der Waals surface area contributed by atoms with Crippen molar-refractivity contribution in [2.24, 2.45) is 0 Å². The monoisotopic (exact) mass is 181 g/mol. The second-order valence-corrected chi connectivity index (χ2v) is 3.32. The Morgan fingerprint density at radius 3 is 2.55 bits per heavy atom. The Morgan fingerprint density at radius 2 is 2.18 bits per heavy atom. The first-order valence-corrected chi connectivity index (χ1v) is 4.58. The van der Waals surface area contributed by atoms with Crippen molar-refractivity contribution < 1.29 is 23.8 Å². The number of carbonyl (C=O) groups is 1. The lowest BCUT2D eigenvalue weighted by molar-refractivity contribution is -0.153. The molecular weight excluding hydrogens is 173 g/mol. The minimum absolute atomic E-state index is 0.254. The molecule has 1 rings (SSSR count). The molecule has 0 atom stereocenters. The third-order valence-electron chi connectivity index (χ3n) is 1.23. The molecule has 1 amide bonds. The molecule has 11 heavy (non-hydrogen) atoms. The second-order valence-electron chi connectivity index (χ2n) is 2.17. The van der Waals surface area contributed by atoms with Crippen LogP contribution in [-0.2, 0) is 14.0 Å². The van der Waals surface area contributed by atoms with Crippen molar-refractivity contribution in [2.75, 3.05) is 6.54 Å². The van der Waals surface area contributed by atoms with Crippen LogP contribution in [0, 0.1) is 0 Å². The van der Waals surface area contributed by atoms with E-state index >= 15 is 0 Å². The molecule has 0 saturated carbocycles. The summed E-state index contributed by atoms with van der Waals surface area (Å²) in [5.41, 5.74) is 0. The molecule has 0 aromatic rings. The van der Waals surface area contributed by atoms with Crippen LogP contribution in [-0.4, -0.2) is 27.3 Å². The molecule has 0 aliphatic carbocycles. The number of carbonyl (C=O) groups excluding carboxylic acids is 1. The van der Waals surface area contributed by atoms with Gasteiger partial charge in [0.15, 0.2) is 0 Å². The smallest absolute Gasteiger partial charge is 0.301 e. The van der Waals surface area contributed by atoms with Gasteiger partial charge in [-0.15, -0.1) is 0 Å². The fourth-order valence-electron chi connectivity index (χ4n) is 0.838. The standard InChI is InChI=1S/C4H8NO5P/c6-4-2-1-3-5(4)10-11(7,8)9/h1-3H2,(H2,7,8,9). The van der Waals surface area contributed by atoms with Gasteiger partial charge in [-0.1, -0.05) is 0 Å². The topological polar surface area (TPSA) is 87.1 Å². The maximum Gasteiger partial charge on any atom is 0.491 e. The van der Waals surface area contributed by atoms with Gasteiger partial charge in [0.1, 0.15) is 0 Å². The van der Waals surface area contributed by atoms with Gasteiger partial charge in [-0.25, -0.2) is 9.63 Å². The quantitative estimate of drug-likeness (QED) is 0.567. The van der Waals surface area contributed by atoms with Crippen molar-refractivity contribution in [1.82, 2.24) is 5.06 Å². The zero-order valence-corrected chi connectivity index (χ0v) is 6.53. The molecule has 2 N–H and O–H groups in total. The summed E-state index contributed by atoms with van der Waals surface area (Å²) in [5.74, 6) is -0.381. The highest BCUT2D eigenvalue weighted by atomic mass is 31.2. The summed E-state index contributed by atoms with van der Waals surface area (Å²) in [6.07, 6.45) is 0.874. The molecule has 7 heteroatoms. The number of hydrogen-bond acceptors (Lipinski definition) is 3. The van der Waals surface area contributed by atoms with Crippen molar-refractivity contribution in [3.63, 3.8) is 0 Å². The van der Waals surface area contributed by atoms with Crippen LogP contribution in [0.15, 0.2) is 0 Å². The number of rotatable bonds is 2. The third kappa shape index (κ3) is 2.59. The summed E-state index contributed by atoms with van der Waals surface area (Å²) in [7, 11) is -4.55. The Balaban J connectivity index is 2.50. The minimum Gasteiger partial charge on any atom is -0.301 e. The van der Waals surface area contributed by atoms with Gasteiger partial charge in [-0.2, -0.15) is 4.62 Å². The third-order valence-corrected chi connectivity index (χ3v) is 1.64. The van der Waals surface area contributed by atoms with E-state index in [0.717, 1.165) is 0 Å². The molecule has 0 spiro atoms. The van der Waals surface area contributed by atoms with Gasteiger partial charge in [0.25, 0.3) is 0 Å². The first kappa shape index (κ1) is 8.67. The molecule has 1 saturated heterocycles. The largest absolute Gasteiger partial charge is 0.491 e. The Morgan fingerprint density at radius 1 is 1.55 bits per heavy atom. The van der Waals surface area contributed by atoms with Crippen molar-refractivity contribution >= 4 is 13.7 Å². The zero-order chi connectivity index (χ0) is 8.48. The van der Waals surface area contributed by atoms with E-state index in [4.69, 9.17) is 9.79 Å². The molecule has 6 nitrogen and oxygen atoms in total. The highest BCUT2D eigenvalue weighted by molar-refractivity contribution is 7.46. The molecule has 1 aliphatic rings. The molecule has 0 aromatic heterocycles. The van der Waals surface area contributed by atoms with Crippen molar-refractivity contribution in [1.29, 1.82) is 0 Å². The SMILES string of the molecule is O=C1CCCN1OP(=O)(O)O. The van der Waals surface area contributed by atoms with Gasteiger partial charge in [-0.3, -0.25) is 4.79 Å². The molecular formula is C4H8NO5P. The molecule has 0 radical (unpaired) electrons. The number of nitrogens with zero attached hydrogens (tertiary/aromatic N) is 1.